The number of aryl methyl sites for hydroxylation is 1. The van der Waals surface area contributed by atoms with E-state index in [-0.39, 0.29) is 5.91 Å². The third kappa shape index (κ3) is 3.89. The molecular formula is C19H15Cl3N2OS. The van der Waals surface area contributed by atoms with Gasteiger partial charge in [-0.1, -0.05) is 59.9 Å². The van der Waals surface area contributed by atoms with E-state index < -0.39 is 0 Å². The highest BCUT2D eigenvalue weighted by atomic mass is 35.5. The van der Waals surface area contributed by atoms with E-state index in [4.69, 9.17) is 34.8 Å². The second-order valence-corrected chi connectivity index (χ2v) is 8.00. The molecule has 0 bridgehead atoms. The highest BCUT2D eigenvalue weighted by molar-refractivity contribution is 7.21. The van der Waals surface area contributed by atoms with Crippen molar-refractivity contribution < 1.29 is 4.79 Å². The smallest absolute Gasteiger partial charge is 0.266 e. The number of halogens is 3. The second kappa shape index (κ2) is 7.97. The van der Waals surface area contributed by atoms with Crippen molar-refractivity contribution in [1.29, 1.82) is 0 Å². The van der Waals surface area contributed by atoms with Crippen molar-refractivity contribution in [2.24, 2.45) is 5.10 Å². The number of nitrogens with one attached hydrogen (secondary N) is 1. The normalized spacial score (nSPS) is 11.8. The van der Waals surface area contributed by atoms with Gasteiger partial charge >= 0.3 is 0 Å². The highest BCUT2D eigenvalue weighted by Crippen LogP contribution is 2.35. The van der Waals surface area contributed by atoms with Crippen LogP contribution in [0.4, 0.5) is 0 Å². The number of hydrazone groups is 1. The second-order valence-electron chi connectivity index (χ2n) is 5.72. The van der Waals surface area contributed by atoms with Gasteiger partial charge in [0.2, 0.25) is 0 Å². The summed E-state index contributed by atoms with van der Waals surface area (Å²) in [5.74, 6) is -0.343. The Hall–Kier alpha value is -1.59. The molecule has 0 radical (unpaired) electrons. The van der Waals surface area contributed by atoms with E-state index >= 15 is 0 Å². The fraction of sp³-hybridized carbons (Fsp3) is 0.158. The lowest BCUT2D eigenvalue weighted by Crippen LogP contribution is -2.19. The van der Waals surface area contributed by atoms with Gasteiger partial charge in [0.25, 0.3) is 5.91 Å². The summed E-state index contributed by atoms with van der Waals surface area (Å²) in [6.07, 6.45) is 0.598. The quantitative estimate of drug-likeness (QED) is 0.366. The van der Waals surface area contributed by atoms with Crippen molar-refractivity contribution in [1.82, 2.24) is 5.43 Å². The van der Waals surface area contributed by atoms with E-state index in [1.165, 1.54) is 11.3 Å². The molecule has 0 aliphatic rings. The van der Waals surface area contributed by atoms with Crippen LogP contribution < -0.4 is 5.43 Å². The van der Waals surface area contributed by atoms with Crippen molar-refractivity contribution in [2.75, 3.05) is 0 Å². The summed E-state index contributed by atoms with van der Waals surface area (Å²) in [5.41, 5.74) is 5.10. The number of nitrogens with zero attached hydrogens (tertiary/aromatic N) is 1. The third-order valence-electron chi connectivity index (χ3n) is 3.86. The monoisotopic (exact) mass is 424 g/mol. The number of carbonyl (C=O) groups is 1. The molecule has 3 aromatic rings. The molecule has 3 nitrogen and oxygen atoms in total. The van der Waals surface area contributed by atoms with Gasteiger partial charge in [0.1, 0.15) is 4.88 Å². The van der Waals surface area contributed by atoms with Gasteiger partial charge in [-0.05, 0) is 37.1 Å². The molecule has 0 saturated heterocycles. The largest absolute Gasteiger partial charge is 0.283 e. The molecule has 0 aliphatic carbocycles. The maximum absolute atomic E-state index is 12.6. The number of hydrogen-bond acceptors (Lipinski definition) is 3. The summed E-state index contributed by atoms with van der Waals surface area (Å²) >= 11 is 19.9. The Morgan fingerprint density at radius 2 is 1.92 bits per heavy atom. The average molecular weight is 426 g/mol. The van der Waals surface area contributed by atoms with Crippen LogP contribution in [-0.4, -0.2) is 11.6 Å². The van der Waals surface area contributed by atoms with E-state index in [1.807, 2.05) is 32.0 Å². The summed E-state index contributed by atoms with van der Waals surface area (Å²) in [5, 5.41) is 6.59. The summed E-state index contributed by atoms with van der Waals surface area (Å²) in [4.78, 5) is 13.0. The Labute approximate surface area is 170 Å². The number of carbonyl (C=O) groups excluding carboxylic acids is 1. The van der Waals surface area contributed by atoms with Crippen molar-refractivity contribution in [3.8, 4) is 0 Å². The lowest BCUT2D eigenvalue weighted by Gasteiger charge is -2.07. The molecule has 0 aliphatic heterocycles. The summed E-state index contributed by atoms with van der Waals surface area (Å²) in [6, 6.07) is 11.1. The molecule has 7 heteroatoms. The van der Waals surface area contributed by atoms with Crippen LogP contribution in [0.2, 0.25) is 15.1 Å². The SMILES string of the molecule is CCC(=NNC(=O)c1sc2cc(C)ccc2c1Cl)c1ccc(Cl)cc1Cl. The van der Waals surface area contributed by atoms with Gasteiger partial charge in [-0.15, -0.1) is 11.3 Å². The zero-order valence-corrected chi connectivity index (χ0v) is 17.2. The van der Waals surface area contributed by atoms with Gasteiger partial charge < -0.3 is 0 Å². The fourth-order valence-electron chi connectivity index (χ4n) is 2.54. The molecule has 0 atom stereocenters. The topological polar surface area (TPSA) is 41.5 Å². The molecule has 1 N–H and O–H groups in total. The molecule has 1 aromatic heterocycles. The molecule has 3 rings (SSSR count). The highest BCUT2D eigenvalue weighted by Gasteiger charge is 2.17. The first-order valence-corrected chi connectivity index (χ1v) is 9.86. The van der Waals surface area contributed by atoms with E-state index in [2.05, 4.69) is 10.5 Å². The Morgan fingerprint density at radius 1 is 1.15 bits per heavy atom. The maximum atomic E-state index is 12.6. The Morgan fingerprint density at radius 3 is 2.62 bits per heavy atom. The summed E-state index contributed by atoms with van der Waals surface area (Å²) in [6.45, 7) is 3.94. The number of benzene rings is 2. The molecule has 0 unspecified atom stereocenters. The first-order valence-electron chi connectivity index (χ1n) is 7.91. The van der Waals surface area contributed by atoms with E-state index in [9.17, 15) is 4.79 Å². The van der Waals surface area contributed by atoms with Crippen LogP contribution in [0, 0.1) is 6.92 Å². The van der Waals surface area contributed by atoms with Crippen LogP contribution in [0.15, 0.2) is 41.5 Å². The molecule has 0 fully saturated rings. The maximum Gasteiger partial charge on any atom is 0.283 e. The van der Waals surface area contributed by atoms with E-state index in [0.29, 0.717) is 32.1 Å². The average Bonchev–Trinajstić information content (AvgIpc) is 2.92. The molecule has 134 valence electrons. The Bertz CT molecular complexity index is 1030. The van der Waals surface area contributed by atoms with Crippen LogP contribution >= 0.6 is 46.1 Å². The number of amides is 1. The van der Waals surface area contributed by atoms with Crippen LogP contribution in [-0.2, 0) is 0 Å². The fourth-order valence-corrected chi connectivity index (χ4v) is 4.56. The molecule has 1 heterocycles. The van der Waals surface area contributed by atoms with E-state index in [0.717, 1.165) is 21.2 Å². The van der Waals surface area contributed by atoms with Gasteiger partial charge in [-0.2, -0.15) is 5.10 Å². The predicted octanol–water partition coefficient (Wildman–Crippen LogP) is 6.71. The molecule has 1 amide bonds. The van der Waals surface area contributed by atoms with Gasteiger partial charge in [0.05, 0.1) is 15.8 Å². The predicted molar refractivity (Wildman–Crippen MR) is 112 cm³/mol. The van der Waals surface area contributed by atoms with Crippen molar-refractivity contribution >= 4 is 67.8 Å². The van der Waals surface area contributed by atoms with Crippen molar-refractivity contribution in [3.63, 3.8) is 0 Å². The lowest BCUT2D eigenvalue weighted by molar-refractivity contribution is 0.0959. The van der Waals surface area contributed by atoms with Gasteiger partial charge in [-0.3, -0.25) is 4.79 Å². The minimum absolute atomic E-state index is 0.343. The summed E-state index contributed by atoms with van der Waals surface area (Å²) < 4.78 is 0.973. The molecule has 0 spiro atoms. The van der Waals surface area contributed by atoms with Gasteiger partial charge in [0.15, 0.2) is 0 Å². The lowest BCUT2D eigenvalue weighted by atomic mass is 10.1. The number of fused-ring (bicyclic) bond motifs is 1. The standard InChI is InChI=1S/C19H15Cl3N2OS/c1-3-15(12-7-5-11(20)9-14(12)21)23-24-19(25)18-17(22)13-6-4-10(2)8-16(13)26-18/h4-9H,3H2,1-2H3,(H,24,25). The zero-order valence-electron chi connectivity index (χ0n) is 14.1. The summed E-state index contributed by atoms with van der Waals surface area (Å²) in [7, 11) is 0. The van der Waals surface area contributed by atoms with Crippen LogP contribution in [0.25, 0.3) is 10.1 Å². The molecule has 2 aromatic carbocycles. The van der Waals surface area contributed by atoms with Crippen LogP contribution in [0.1, 0.15) is 34.1 Å². The minimum Gasteiger partial charge on any atom is -0.266 e. The van der Waals surface area contributed by atoms with Crippen molar-refractivity contribution in [3.05, 3.63) is 67.5 Å². The minimum atomic E-state index is -0.343. The molecule has 26 heavy (non-hydrogen) atoms. The number of rotatable bonds is 4. The van der Waals surface area contributed by atoms with Gasteiger partial charge in [-0.25, -0.2) is 5.43 Å². The van der Waals surface area contributed by atoms with E-state index in [1.54, 1.807) is 18.2 Å². The third-order valence-corrected chi connectivity index (χ3v) is 6.06. The Kier molecular flexibility index (Phi) is 5.88. The zero-order chi connectivity index (χ0) is 18.8. The van der Waals surface area contributed by atoms with Crippen LogP contribution in [0.3, 0.4) is 0 Å². The Balaban J connectivity index is 1.89. The number of thiophene rings is 1. The van der Waals surface area contributed by atoms with Crippen LogP contribution in [0.5, 0.6) is 0 Å². The first kappa shape index (κ1) is 19.2. The van der Waals surface area contributed by atoms with Gasteiger partial charge in [0, 0.05) is 20.7 Å². The van der Waals surface area contributed by atoms with Crippen molar-refractivity contribution in [2.45, 2.75) is 20.3 Å². The molecular weight excluding hydrogens is 411 g/mol. The molecule has 0 saturated carbocycles. The number of hydrogen-bond donors (Lipinski definition) is 1. The first-order chi connectivity index (χ1) is 12.4.